The van der Waals surface area contributed by atoms with Crippen LogP contribution in [0.15, 0.2) is 0 Å². The minimum absolute atomic E-state index is 0.160. The second kappa shape index (κ2) is 3.69. The van der Waals surface area contributed by atoms with E-state index in [0.717, 1.165) is 0 Å². The first kappa shape index (κ1) is 10.4. The van der Waals surface area contributed by atoms with E-state index < -0.39 is 0 Å². The summed E-state index contributed by atoms with van der Waals surface area (Å²) in [6.45, 7) is 8.39. The van der Waals surface area contributed by atoms with Gasteiger partial charge in [-0.3, -0.25) is 0 Å². The molecular weight excluding hydrogens is 239 g/mol. The molecule has 0 heterocycles. The Labute approximate surface area is 73.8 Å². The monoisotopic (exact) mass is 255 g/mol. The summed E-state index contributed by atoms with van der Waals surface area (Å²) in [5, 5.41) is 0. The quantitative estimate of drug-likeness (QED) is 0.348. The summed E-state index contributed by atoms with van der Waals surface area (Å²) in [4.78, 5) is 13.2. The first-order valence-electron chi connectivity index (χ1n) is 3.43. The molecule has 0 aliphatic heterocycles. The molecule has 0 aromatic rings. The Balaban J connectivity index is 4.08. The van der Waals surface area contributed by atoms with Crippen molar-refractivity contribution in [3.05, 3.63) is 0 Å². The van der Waals surface area contributed by atoms with Gasteiger partial charge in [0.05, 0.1) is 0 Å². The first-order valence-corrected chi connectivity index (χ1v) is 6.66. The SMILES string of the molecule is C[I-]C(=O)C(C)C(C)(C)C. The van der Waals surface area contributed by atoms with Gasteiger partial charge in [-0.1, -0.05) is 0 Å². The molecule has 0 fully saturated rings. The van der Waals surface area contributed by atoms with Crippen LogP contribution in [0.2, 0.25) is 0 Å². The van der Waals surface area contributed by atoms with Gasteiger partial charge in [0.1, 0.15) is 0 Å². The molecule has 0 radical (unpaired) electrons. The first-order chi connectivity index (χ1) is 4.39. The molecule has 0 aliphatic carbocycles. The second-order valence-electron chi connectivity index (χ2n) is 3.58. The van der Waals surface area contributed by atoms with E-state index in [4.69, 9.17) is 0 Å². The fraction of sp³-hybridized carbons (Fsp3) is 0.875. The number of halogens is 1. The van der Waals surface area contributed by atoms with E-state index in [1.54, 1.807) is 0 Å². The molecule has 0 N–H and O–H groups in total. The molecule has 0 aromatic heterocycles. The van der Waals surface area contributed by atoms with E-state index >= 15 is 0 Å². The van der Waals surface area contributed by atoms with Crippen molar-refractivity contribution in [2.75, 3.05) is 4.93 Å². The van der Waals surface area contributed by atoms with Gasteiger partial charge < -0.3 is 0 Å². The Morgan fingerprint density at radius 3 is 1.90 bits per heavy atom. The number of carbonyl (C=O) groups is 1. The molecular formula is C8H16IO-. The van der Waals surface area contributed by atoms with Gasteiger partial charge in [-0.15, -0.1) is 0 Å². The molecule has 0 bridgehead atoms. The number of hydrogen-bond donors (Lipinski definition) is 0. The van der Waals surface area contributed by atoms with E-state index in [9.17, 15) is 4.79 Å². The summed E-state index contributed by atoms with van der Waals surface area (Å²) in [7, 11) is 0. The third-order valence-electron chi connectivity index (χ3n) is 1.83. The Kier molecular flexibility index (Phi) is 3.84. The fourth-order valence-electron chi connectivity index (χ4n) is 0.504. The topological polar surface area (TPSA) is 17.1 Å². The molecule has 0 saturated carbocycles. The van der Waals surface area contributed by atoms with Gasteiger partial charge in [0.15, 0.2) is 0 Å². The Hall–Kier alpha value is 0.400. The molecule has 0 saturated heterocycles. The summed E-state index contributed by atoms with van der Waals surface area (Å²) >= 11 is -0.200. The molecule has 1 nitrogen and oxygen atoms in total. The number of hydrogen-bond acceptors (Lipinski definition) is 1. The van der Waals surface area contributed by atoms with E-state index in [2.05, 4.69) is 20.8 Å². The molecule has 0 aliphatic rings. The van der Waals surface area contributed by atoms with Crippen LogP contribution in [0.3, 0.4) is 0 Å². The third kappa shape index (κ3) is 2.99. The molecule has 0 amide bonds. The Morgan fingerprint density at radius 2 is 1.80 bits per heavy atom. The maximum atomic E-state index is 11.2. The average molecular weight is 255 g/mol. The van der Waals surface area contributed by atoms with Crippen LogP contribution < -0.4 is 21.2 Å². The van der Waals surface area contributed by atoms with Gasteiger partial charge in [-0.25, -0.2) is 0 Å². The zero-order chi connectivity index (χ0) is 8.36. The number of rotatable bonds is 2. The van der Waals surface area contributed by atoms with Gasteiger partial charge in [0.2, 0.25) is 0 Å². The van der Waals surface area contributed by atoms with Crippen LogP contribution in [-0.4, -0.2) is 8.72 Å². The standard InChI is InChI=1S/C8H16IO/c1-6(7(10)9-5)8(2,3)4/h6H,1-5H3/q-1. The minimum atomic E-state index is -0.200. The van der Waals surface area contributed by atoms with Gasteiger partial charge >= 0.3 is 73.7 Å². The van der Waals surface area contributed by atoms with Crippen LogP contribution in [0, 0.1) is 11.3 Å². The maximum absolute atomic E-state index is 11.2. The summed E-state index contributed by atoms with van der Waals surface area (Å²) in [5.74, 6) is 0.241. The van der Waals surface area contributed by atoms with Crippen LogP contribution in [0.25, 0.3) is 0 Å². The predicted octanol–water partition coefficient (Wildman–Crippen LogP) is -1.09. The van der Waals surface area contributed by atoms with Crippen molar-refractivity contribution < 1.29 is 26.0 Å². The molecule has 10 heavy (non-hydrogen) atoms. The summed E-state index contributed by atoms with van der Waals surface area (Å²) in [5.41, 5.74) is 0.160. The number of alkyl halides is 1. The fourth-order valence-corrected chi connectivity index (χ4v) is 2.37. The molecule has 0 rings (SSSR count). The average Bonchev–Trinajstić information content (AvgIpc) is 1.83. The van der Waals surface area contributed by atoms with Crippen LogP contribution in [0.1, 0.15) is 27.7 Å². The Morgan fingerprint density at radius 1 is 1.40 bits per heavy atom. The van der Waals surface area contributed by atoms with Crippen molar-refractivity contribution in [3.8, 4) is 0 Å². The van der Waals surface area contributed by atoms with E-state index in [1.165, 1.54) is 0 Å². The van der Waals surface area contributed by atoms with Gasteiger partial charge in [-0.2, -0.15) is 0 Å². The third-order valence-corrected chi connectivity index (χ3v) is 3.82. The van der Waals surface area contributed by atoms with Crippen LogP contribution in [0.5, 0.6) is 0 Å². The van der Waals surface area contributed by atoms with Crippen LogP contribution in [-0.2, 0) is 4.79 Å². The van der Waals surface area contributed by atoms with Crippen LogP contribution >= 0.6 is 0 Å². The van der Waals surface area contributed by atoms with Crippen molar-refractivity contribution in [1.82, 2.24) is 0 Å². The van der Waals surface area contributed by atoms with E-state index in [-0.39, 0.29) is 32.5 Å². The predicted molar refractivity (Wildman–Crippen MR) is 39.6 cm³/mol. The van der Waals surface area contributed by atoms with Gasteiger partial charge in [-0.05, 0) is 0 Å². The van der Waals surface area contributed by atoms with E-state index in [0.29, 0.717) is 3.79 Å². The van der Waals surface area contributed by atoms with Crippen molar-refractivity contribution in [2.45, 2.75) is 27.7 Å². The van der Waals surface area contributed by atoms with Crippen molar-refractivity contribution in [3.63, 3.8) is 0 Å². The molecule has 0 aromatic carbocycles. The normalized spacial score (nSPS) is 15.3. The molecule has 2 heteroatoms. The summed E-state index contributed by atoms with van der Waals surface area (Å²) in [6, 6.07) is 0. The molecule has 1 atom stereocenters. The molecule has 62 valence electrons. The second-order valence-corrected chi connectivity index (χ2v) is 5.72. The van der Waals surface area contributed by atoms with Crippen LogP contribution in [0.4, 0.5) is 0 Å². The molecule has 1 unspecified atom stereocenters. The zero-order valence-electron chi connectivity index (χ0n) is 7.36. The summed E-state index contributed by atoms with van der Waals surface area (Å²) < 4.78 is 0.478. The van der Waals surface area contributed by atoms with Crippen molar-refractivity contribution >= 4 is 3.79 Å². The van der Waals surface area contributed by atoms with E-state index in [1.807, 2.05) is 11.9 Å². The van der Waals surface area contributed by atoms with Crippen molar-refractivity contribution in [2.24, 2.45) is 11.3 Å². The van der Waals surface area contributed by atoms with Gasteiger partial charge in [0, 0.05) is 0 Å². The zero-order valence-corrected chi connectivity index (χ0v) is 9.52. The number of carbonyl (C=O) groups excluding carboxylic acids is 1. The Bertz CT molecular complexity index is 124. The summed E-state index contributed by atoms with van der Waals surface area (Å²) in [6.07, 6.45) is 0. The van der Waals surface area contributed by atoms with Gasteiger partial charge in [0.25, 0.3) is 0 Å². The molecule has 0 spiro atoms. The van der Waals surface area contributed by atoms with Crippen molar-refractivity contribution in [1.29, 1.82) is 0 Å².